The number of ether oxygens (including phenoxy) is 1. The van der Waals surface area contributed by atoms with Crippen LogP contribution in [0.2, 0.25) is 4.34 Å². The number of benzene rings is 1. The highest BCUT2D eigenvalue weighted by Gasteiger charge is 2.06. The molecule has 1 N–H and O–H groups in total. The van der Waals surface area contributed by atoms with Gasteiger partial charge in [-0.25, -0.2) is 0 Å². The highest BCUT2D eigenvalue weighted by Crippen LogP contribution is 2.25. The zero-order valence-electron chi connectivity index (χ0n) is 11.1. The van der Waals surface area contributed by atoms with Gasteiger partial charge in [-0.15, -0.1) is 11.3 Å². The summed E-state index contributed by atoms with van der Waals surface area (Å²) in [7, 11) is 0. The summed E-state index contributed by atoms with van der Waals surface area (Å²) in [6.45, 7) is 2.60. The van der Waals surface area contributed by atoms with Crippen LogP contribution in [0, 0.1) is 0 Å². The summed E-state index contributed by atoms with van der Waals surface area (Å²) in [6.07, 6.45) is 3.35. The SMILES string of the molecule is Clc1ccc(COc2ccc(C3=CCNCC3)cc2)s1. The van der Waals surface area contributed by atoms with Crippen LogP contribution in [0.15, 0.2) is 42.5 Å². The quantitative estimate of drug-likeness (QED) is 0.906. The van der Waals surface area contributed by atoms with Crippen molar-refractivity contribution >= 4 is 28.5 Å². The van der Waals surface area contributed by atoms with Crippen molar-refractivity contribution in [1.82, 2.24) is 5.32 Å². The van der Waals surface area contributed by atoms with Crippen molar-refractivity contribution in [1.29, 1.82) is 0 Å². The molecule has 0 fully saturated rings. The van der Waals surface area contributed by atoms with Crippen molar-refractivity contribution in [3.8, 4) is 5.75 Å². The number of nitrogens with one attached hydrogen (secondary N) is 1. The third-order valence-electron chi connectivity index (χ3n) is 3.30. The Bertz CT molecular complexity index is 603. The monoisotopic (exact) mass is 305 g/mol. The lowest BCUT2D eigenvalue weighted by atomic mass is 10.0. The molecule has 0 saturated heterocycles. The molecule has 0 spiro atoms. The van der Waals surface area contributed by atoms with E-state index in [9.17, 15) is 0 Å². The second kappa shape index (κ2) is 6.44. The number of halogens is 1. The van der Waals surface area contributed by atoms with Crippen LogP contribution in [0.25, 0.3) is 5.57 Å². The molecule has 4 heteroatoms. The Labute approximate surface area is 128 Å². The topological polar surface area (TPSA) is 21.3 Å². The van der Waals surface area contributed by atoms with Gasteiger partial charge < -0.3 is 10.1 Å². The first-order valence-electron chi connectivity index (χ1n) is 6.68. The zero-order chi connectivity index (χ0) is 13.8. The first kappa shape index (κ1) is 13.7. The van der Waals surface area contributed by atoms with Gasteiger partial charge in [-0.05, 0) is 48.4 Å². The predicted molar refractivity (Wildman–Crippen MR) is 85.6 cm³/mol. The normalized spacial score (nSPS) is 14.9. The van der Waals surface area contributed by atoms with E-state index in [2.05, 4.69) is 23.5 Å². The van der Waals surface area contributed by atoms with Gasteiger partial charge in [-0.3, -0.25) is 0 Å². The van der Waals surface area contributed by atoms with Crippen LogP contribution in [0.3, 0.4) is 0 Å². The molecule has 1 aromatic heterocycles. The molecule has 0 unspecified atom stereocenters. The van der Waals surface area contributed by atoms with E-state index in [4.69, 9.17) is 16.3 Å². The molecule has 0 bridgehead atoms. The fourth-order valence-electron chi connectivity index (χ4n) is 2.23. The Hall–Kier alpha value is -1.29. The van der Waals surface area contributed by atoms with Gasteiger partial charge in [0.2, 0.25) is 0 Å². The fraction of sp³-hybridized carbons (Fsp3) is 0.250. The number of rotatable bonds is 4. The highest BCUT2D eigenvalue weighted by atomic mass is 35.5. The van der Waals surface area contributed by atoms with Gasteiger partial charge in [0.05, 0.1) is 4.34 Å². The first-order chi connectivity index (χ1) is 9.81. The van der Waals surface area contributed by atoms with Crippen LogP contribution in [0.1, 0.15) is 16.9 Å². The molecule has 2 aromatic rings. The third-order valence-corrected chi connectivity index (χ3v) is 4.50. The molecular weight excluding hydrogens is 290 g/mol. The summed E-state index contributed by atoms with van der Waals surface area (Å²) >= 11 is 7.46. The van der Waals surface area contributed by atoms with Gasteiger partial charge in [0, 0.05) is 11.4 Å². The summed E-state index contributed by atoms with van der Waals surface area (Å²) in [4.78, 5) is 1.14. The second-order valence-electron chi connectivity index (χ2n) is 4.70. The van der Waals surface area contributed by atoms with Crippen molar-refractivity contribution in [2.75, 3.05) is 13.1 Å². The average Bonchev–Trinajstić information content (AvgIpc) is 2.92. The van der Waals surface area contributed by atoms with Crippen molar-refractivity contribution in [2.24, 2.45) is 0 Å². The molecule has 20 heavy (non-hydrogen) atoms. The summed E-state index contributed by atoms with van der Waals surface area (Å²) in [5.74, 6) is 0.896. The Balaban J connectivity index is 1.62. The number of hydrogen-bond acceptors (Lipinski definition) is 3. The smallest absolute Gasteiger partial charge is 0.122 e. The molecule has 2 heterocycles. The molecule has 0 radical (unpaired) electrons. The Morgan fingerprint density at radius 2 is 2.00 bits per heavy atom. The van der Waals surface area contributed by atoms with Crippen LogP contribution >= 0.6 is 22.9 Å². The molecule has 1 aromatic carbocycles. The Morgan fingerprint density at radius 1 is 1.15 bits per heavy atom. The largest absolute Gasteiger partial charge is 0.488 e. The van der Waals surface area contributed by atoms with Crippen molar-refractivity contribution in [2.45, 2.75) is 13.0 Å². The van der Waals surface area contributed by atoms with Gasteiger partial charge >= 0.3 is 0 Å². The summed E-state index contributed by atoms with van der Waals surface area (Å²) in [6, 6.07) is 12.2. The van der Waals surface area contributed by atoms with Crippen LogP contribution in [0.4, 0.5) is 0 Å². The van der Waals surface area contributed by atoms with E-state index in [0.717, 1.165) is 34.5 Å². The summed E-state index contributed by atoms with van der Waals surface area (Å²) < 4.78 is 6.57. The van der Waals surface area contributed by atoms with Crippen molar-refractivity contribution in [3.05, 3.63) is 57.3 Å². The third kappa shape index (κ3) is 3.42. The minimum absolute atomic E-state index is 0.573. The maximum absolute atomic E-state index is 5.90. The molecule has 0 aliphatic carbocycles. The lowest BCUT2D eigenvalue weighted by molar-refractivity contribution is 0.310. The molecule has 3 rings (SSSR count). The zero-order valence-corrected chi connectivity index (χ0v) is 12.6. The standard InChI is InChI=1S/C16H16ClNOS/c17-16-6-5-15(20-16)11-19-14-3-1-12(2-4-14)13-7-9-18-10-8-13/h1-7,18H,8-11H2. The van der Waals surface area contributed by atoms with E-state index in [0.29, 0.717) is 6.61 Å². The minimum Gasteiger partial charge on any atom is -0.488 e. The number of hydrogen-bond donors (Lipinski definition) is 1. The maximum atomic E-state index is 5.90. The van der Waals surface area contributed by atoms with Crippen LogP contribution < -0.4 is 10.1 Å². The van der Waals surface area contributed by atoms with Crippen molar-refractivity contribution in [3.63, 3.8) is 0 Å². The first-order valence-corrected chi connectivity index (χ1v) is 7.88. The molecule has 0 saturated carbocycles. The molecule has 104 valence electrons. The molecular formula is C16H16ClNOS. The average molecular weight is 306 g/mol. The van der Waals surface area contributed by atoms with Gasteiger partial charge in [-0.2, -0.15) is 0 Å². The molecule has 1 aliphatic heterocycles. The molecule has 0 atom stereocenters. The van der Waals surface area contributed by atoms with E-state index in [1.807, 2.05) is 24.3 Å². The van der Waals surface area contributed by atoms with E-state index < -0.39 is 0 Å². The van der Waals surface area contributed by atoms with Crippen LogP contribution in [-0.4, -0.2) is 13.1 Å². The minimum atomic E-state index is 0.573. The Kier molecular flexibility index (Phi) is 4.41. The maximum Gasteiger partial charge on any atom is 0.122 e. The van der Waals surface area contributed by atoms with Gasteiger partial charge in [0.1, 0.15) is 12.4 Å². The lowest BCUT2D eigenvalue weighted by Crippen LogP contribution is -2.19. The molecule has 0 amide bonds. The van der Waals surface area contributed by atoms with Gasteiger partial charge in [-0.1, -0.05) is 29.8 Å². The van der Waals surface area contributed by atoms with E-state index >= 15 is 0 Å². The van der Waals surface area contributed by atoms with Gasteiger partial charge in [0.15, 0.2) is 0 Å². The van der Waals surface area contributed by atoms with E-state index in [-0.39, 0.29) is 0 Å². The molecule has 1 aliphatic rings. The predicted octanol–water partition coefficient (Wildman–Crippen LogP) is 4.36. The molecule has 2 nitrogen and oxygen atoms in total. The summed E-state index contributed by atoms with van der Waals surface area (Å²) in [5, 5.41) is 3.33. The fourth-order valence-corrected chi connectivity index (χ4v) is 3.23. The lowest BCUT2D eigenvalue weighted by Gasteiger charge is -2.14. The second-order valence-corrected chi connectivity index (χ2v) is 6.50. The summed E-state index contributed by atoms with van der Waals surface area (Å²) in [5.41, 5.74) is 2.71. The highest BCUT2D eigenvalue weighted by molar-refractivity contribution is 7.16. The van der Waals surface area contributed by atoms with E-state index in [1.54, 1.807) is 11.3 Å². The van der Waals surface area contributed by atoms with Gasteiger partial charge in [0.25, 0.3) is 0 Å². The van der Waals surface area contributed by atoms with E-state index in [1.165, 1.54) is 11.1 Å². The van der Waals surface area contributed by atoms with Crippen LogP contribution in [0.5, 0.6) is 5.75 Å². The van der Waals surface area contributed by atoms with Crippen molar-refractivity contribution < 1.29 is 4.74 Å². The number of thiophene rings is 1. The Morgan fingerprint density at radius 3 is 2.65 bits per heavy atom. The van der Waals surface area contributed by atoms with Crippen LogP contribution in [-0.2, 0) is 6.61 Å².